The molecule has 0 nitrogen and oxygen atoms in total. The topological polar surface area (TPSA) is 0 Å². The first-order valence-electron chi connectivity index (χ1n) is 4.91. The summed E-state index contributed by atoms with van der Waals surface area (Å²) in [5.41, 5.74) is 2.47. The van der Waals surface area contributed by atoms with Gasteiger partial charge in [-0.1, -0.05) is 53.5 Å². The zero-order chi connectivity index (χ0) is 10.7. The van der Waals surface area contributed by atoms with Crippen LogP contribution < -0.4 is 0 Å². The Kier molecular flexibility index (Phi) is 4.46. The Morgan fingerprint density at radius 2 is 2.00 bits per heavy atom. The van der Waals surface area contributed by atoms with Gasteiger partial charge in [-0.05, 0) is 36.5 Å². The van der Waals surface area contributed by atoms with E-state index in [0.29, 0.717) is 10.7 Å². The van der Waals surface area contributed by atoms with Crippen LogP contribution in [0.1, 0.15) is 37.3 Å². The van der Waals surface area contributed by atoms with Gasteiger partial charge in [-0.3, -0.25) is 0 Å². The second-order valence-electron chi connectivity index (χ2n) is 3.93. The predicted octanol–water partition coefficient (Wildman–Crippen LogP) is 4.93. The molecule has 1 aromatic rings. The molecule has 14 heavy (non-hydrogen) atoms. The number of hydrogen-bond donors (Lipinski definition) is 0. The SMILES string of the molecule is Cc1ccc(C(C)CC(C)Br)cc1Cl. The molecule has 0 aliphatic carbocycles. The lowest BCUT2D eigenvalue weighted by Gasteiger charge is -2.14. The van der Waals surface area contributed by atoms with Crippen LogP contribution in [-0.4, -0.2) is 4.83 Å². The first-order chi connectivity index (χ1) is 6.50. The molecule has 0 aromatic heterocycles. The molecule has 0 spiro atoms. The quantitative estimate of drug-likeness (QED) is 0.687. The molecule has 0 heterocycles. The molecule has 0 amide bonds. The van der Waals surface area contributed by atoms with E-state index >= 15 is 0 Å². The fourth-order valence-corrected chi connectivity index (χ4v) is 2.29. The van der Waals surface area contributed by atoms with E-state index < -0.39 is 0 Å². The van der Waals surface area contributed by atoms with Gasteiger partial charge in [0.15, 0.2) is 0 Å². The van der Waals surface area contributed by atoms with Gasteiger partial charge < -0.3 is 0 Å². The molecule has 0 fully saturated rings. The van der Waals surface area contributed by atoms with Gasteiger partial charge in [-0.2, -0.15) is 0 Å². The lowest BCUT2D eigenvalue weighted by Crippen LogP contribution is -2.00. The summed E-state index contributed by atoms with van der Waals surface area (Å²) in [5, 5.41) is 0.872. The Balaban J connectivity index is 2.80. The monoisotopic (exact) mass is 274 g/mol. The third-order valence-corrected chi connectivity index (χ3v) is 3.22. The Morgan fingerprint density at radius 3 is 2.50 bits per heavy atom. The van der Waals surface area contributed by atoms with Crippen LogP contribution in [0.15, 0.2) is 18.2 Å². The number of alkyl halides is 1. The second-order valence-corrected chi connectivity index (χ2v) is 5.90. The molecular formula is C12H16BrCl. The molecule has 0 radical (unpaired) electrons. The molecule has 2 heteroatoms. The molecule has 2 unspecified atom stereocenters. The van der Waals surface area contributed by atoms with E-state index in [1.165, 1.54) is 5.56 Å². The zero-order valence-electron chi connectivity index (χ0n) is 8.85. The molecule has 78 valence electrons. The van der Waals surface area contributed by atoms with Crippen molar-refractivity contribution in [3.8, 4) is 0 Å². The molecular weight excluding hydrogens is 259 g/mol. The first-order valence-corrected chi connectivity index (χ1v) is 6.20. The molecule has 0 saturated carbocycles. The number of halogens is 2. The van der Waals surface area contributed by atoms with Crippen LogP contribution in [0.25, 0.3) is 0 Å². The minimum absolute atomic E-state index is 0.553. The van der Waals surface area contributed by atoms with Crippen LogP contribution in [0, 0.1) is 6.92 Å². The molecule has 0 saturated heterocycles. The van der Waals surface area contributed by atoms with Crippen molar-refractivity contribution in [3.63, 3.8) is 0 Å². The van der Waals surface area contributed by atoms with Crippen molar-refractivity contribution in [2.45, 2.75) is 37.9 Å². The Bertz CT molecular complexity index is 307. The molecule has 0 N–H and O–H groups in total. The lowest BCUT2D eigenvalue weighted by molar-refractivity contribution is 0.682. The second kappa shape index (κ2) is 5.18. The summed E-state index contributed by atoms with van der Waals surface area (Å²) in [4.78, 5) is 0.553. The largest absolute Gasteiger partial charge is 0.0893 e. The zero-order valence-corrected chi connectivity index (χ0v) is 11.2. The van der Waals surface area contributed by atoms with E-state index in [2.05, 4.69) is 48.0 Å². The maximum Gasteiger partial charge on any atom is 0.0438 e. The summed E-state index contributed by atoms with van der Waals surface area (Å²) in [6, 6.07) is 6.34. The number of rotatable bonds is 3. The van der Waals surface area contributed by atoms with Crippen LogP contribution in [0.2, 0.25) is 5.02 Å². The predicted molar refractivity (Wildman–Crippen MR) is 67.6 cm³/mol. The van der Waals surface area contributed by atoms with Gasteiger partial charge in [-0.15, -0.1) is 0 Å². The number of aryl methyl sites for hydroxylation is 1. The summed E-state index contributed by atoms with van der Waals surface area (Å²) in [6.07, 6.45) is 1.14. The van der Waals surface area contributed by atoms with Crippen LogP contribution in [-0.2, 0) is 0 Å². The van der Waals surface area contributed by atoms with Crippen LogP contribution in [0.3, 0.4) is 0 Å². The number of benzene rings is 1. The van der Waals surface area contributed by atoms with Crippen molar-refractivity contribution in [1.29, 1.82) is 0 Å². The maximum absolute atomic E-state index is 6.08. The van der Waals surface area contributed by atoms with Crippen molar-refractivity contribution in [2.75, 3.05) is 0 Å². The highest BCUT2D eigenvalue weighted by Crippen LogP contribution is 2.27. The molecule has 1 aromatic carbocycles. The average Bonchev–Trinajstić information content (AvgIpc) is 2.08. The summed E-state index contributed by atoms with van der Waals surface area (Å²) in [7, 11) is 0. The van der Waals surface area contributed by atoms with Crippen molar-refractivity contribution in [2.24, 2.45) is 0 Å². The van der Waals surface area contributed by atoms with Gasteiger partial charge in [0, 0.05) is 9.85 Å². The summed E-state index contributed by atoms with van der Waals surface area (Å²) >= 11 is 9.65. The maximum atomic E-state index is 6.08. The third-order valence-electron chi connectivity index (χ3n) is 2.44. The highest BCUT2D eigenvalue weighted by Gasteiger charge is 2.09. The highest BCUT2D eigenvalue weighted by atomic mass is 79.9. The fraction of sp³-hybridized carbons (Fsp3) is 0.500. The summed E-state index contributed by atoms with van der Waals surface area (Å²) in [5.74, 6) is 0.558. The third kappa shape index (κ3) is 3.29. The standard InChI is InChI=1S/C12H16BrCl/c1-8-4-5-11(7-12(8)14)9(2)6-10(3)13/h4-5,7,9-10H,6H2,1-3H3. The van der Waals surface area contributed by atoms with Gasteiger partial charge in [0.1, 0.15) is 0 Å². The number of hydrogen-bond acceptors (Lipinski definition) is 0. The highest BCUT2D eigenvalue weighted by molar-refractivity contribution is 9.09. The summed E-state index contributed by atoms with van der Waals surface area (Å²) in [6.45, 7) is 6.44. The van der Waals surface area contributed by atoms with Crippen molar-refractivity contribution < 1.29 is 0 Å². The van der Waals surface area contributed by atoms with Gasteiger partial charge in [0.2, 0.25) is 0 Å². The van der Waals surface area contributed by atoms with Crippen molar-refractivity contribution in [1.82, 2.24) is 0 Å². The first kappa shape index (κ1) is 12.1. The minimum atomic E-state index is 0.553. The lowest BCUT2D eigenvalue weighted by atomic mass is 9.96. The Labute approximate surface area is 99.8 Å². The van der Waals surface area contributed by atoms with Gasteiger partial charge >= 0.3 is 0 Å². The minimum Gasteiger partial charge on any atom is -0.0893 e. The smallest absolute Gasteiger partial charge is 0.0438 e. The fourth-order valence-electron chi connectivity index (χ4n) is 1.54. The molecule has 0 aliphatic rings. The van der Waals surface area contributed by atoms with Crippen molar-refractivity contribution >= 4 is 27.5 Å². The van der Waals surface area contributed by atoms with E-state index in [1.807, 2.05) is 6.92 Å². The van der Waals surface area contributed by atoms with Crippen molar-refractivity contribution in [3.05, 3.63) is 34.3 Å². The molecule has 0 bridgehead atoms. The van der Waals surface area contributed by atoms with Crippen LogP contribution in [0.5, 0.6) is 0 Å². The van der Waals surface area contributed by atoms with E-state index in [-0.39, 0.29) is 0 Å². The molecule has 0 aliphatic heterocycles. The van der Waals surface area contributed by atoms with Gasteiger partial charge in [0.05, 0.1) is 0 Å². The normalized spacial score (nSPS) is 15.2. The van der Waals surface area contributed by atoms with E-state index in [4.69, 9.17) is 11.6 Å². The Hall–Kier alpha value is -0.0100. The average molecular weight is 276 g/mol. The summed E-state index contributed by atoms with van der Waals surface area (Å²) < 4.78 is 0. The molecule has 1 rings (SSSR count). The van der Waals surface area contributed by atoms with E-state index in [1.54, 1.807) is 0 Å². The van der Waals surface area contributed by atoms with E-state index in [9.17, 15) is 0 Å². The van der Waals surface area contributed by atoms with Crippen LogP contribution >= 0.6 is 27.5 Å². The van der Waals surface area contributed by atoms with Gasteiger partial charge in [-0.25, -0.2) is 0 Å². The van der Waals surface area contributed by atoms with Crippen LogP contribution in [0.4, 0.5) is 0 Å². The Morgan fingerprint density at radius 1 is 1.36 bits per heavy atom. The van der Waals surface area contributed by atoms with E-state index in [0.717, 1.165) is 17.0 Å². The van der Waals surface area contributed by atoms with Gasteiger partial charge in [0.25, 0.3) is 0 Å². The molecule has 2 atom stereocenters.